The summed E-state index contributed by atoms with van der Waals surface area (Å²) >= 11 is 2.59. The van der Waals surface area contributed by atoms with Gasteiger partial charge in [-0.05, 0) is 44.0 Å². The van der Waals surface area contributed by atoms with E-state index in [1.165, 1.54) is 50.7 Å². The number of furan rings is 1. The Bertz CT molecular complexity index is 1170. The predicted octanol–water partition coefficient (Wildman–Crippen LogP) is 4.03. The second kappa shape index (κ2) is 8.33. The van der Waals surface area contributed by atoms with Crippen molar-refractivity contribution in [1.82, 2.24) is 19.9 Å². The highest BCUT2D eigenvalue weighted by atomic mass is 32.2. The van der Waals surface area contributed by atoms with Crippen molar-refractivity contribution < 1.29 is 9.21 Å². The predicted molar refractivity (Wildman–Crippen MR) is 119 cm³/mol. The highest BCUT2D eigenvalue weighted by molar-refractivity contribution is 7.99. The molecule has 0 atom stereocenters. The number of amides is 1. The minimum Gasteiger partial charge on any atom is -0.461 e. The minimum absolute atomic E-state index is 0.130. The molecule has 0 aliphatic heterocycles. The van der Waals surface area contributed by atoms with E-state index in [-0.39, 0.29) is 11.7 Å². The number of benzene rings is 1. The van der Waals surface area contributed by atoms with Gasteiger partial charge in [-0.2, -0.15) is 0 Å². The van der Waals surface area contributed by atoms with Gasteiger partial charge in [0.25, 0.3) is 0 Å². The fourth-order valence-electron chi connectivity index (χ4n) is 3.26. The van der Waals surface area contributed by atoms with Crippen LogP contribution < -0.4 is 11.2 Å². The molecule has 30 heavy (non-hydrogen) atoms. The molecule has 4 rings (SSSR count). The molecule has 0 fully saturated rings. The van der Waals surface area contributed by atoms with E-state index in [2.05, 4.69) is 53.4 Å². The number of nitrogens with zero attached hydrogens (tertiary/aromatic N) is 4. The third kappa shape index (κ3) is 4.10. The number of thioether (sulfide) groups is 1. The number of carbonyl (C=O) groups excluding carboxylic acids is 1. The van der Waals surface area contributed by atoms with E-state index in [0.717, 1.165) is 11.3 Å². The molecule has 8 nitrogen and oxygen atoms in total. The number of hydrogen-bond acceptors (Lipinski definition) is 8. The number of nitrogens with one attached hydrogen (secondary N) is 1. The van der Waals surface area contributed by atoms with Gasteiger partial charge in [0.15, 0.2) is 10.9 Å². The number of aromatic nitrogens is 4. The average molecular weight is 441 g/mol. The molecule has 1 aromatic carbocycles. The first kappa shape index (κ1) is 20.2. The summed E-state index contributed by atoms with van der Waals surface area (Å²) in [5.74, 6) is 6.86. The van der Waals surface area contributed by atoms with Crippen LogP contribution in [0.2, 0.25) is 0 Å². The number of nitrogen functional groups attached to an aromatic ring is 1. The monoisotopic (exact) mass is 440 g/mol. The molecule has 0 aliphatic rings. The SMILES string of the molecule is Cc1cc(C)c(-c2csc(NC(=O)CSc3nnc(-c4ccco4)n3N)n2)c(C)c1. The van der Waals surface area contributed by atoms with Crippen molar-refractivity contribution in [3.05, 3.63) is 52.6 Å². The van der Waals surface area contributed by atoms with Crippen LogP contribution in [0.25, 0.3) is 22.8 Å². The Morgan fingerprint density at radius 2 is 2.03 bits per heavy atom. The summed E-state index contributed by atoms with van der Waals surface area (Å²) < 4.78 is 6.59. The molecule has 3 aromatic heterocycles. The maximum atomic E-state index is 12.4. The number of carbonyl (C=O) groups is 1. The first-order valence-electron chi connectivity index (χ1n) is 9.13. The Kier molecular flexibility index (Phi) is 5.60. The molecule has 10 heteroatoms. The maximum Gasteiger partial charge on any atom is 0.236 e. The third-order valence-corrected chi connectivity index (χ3v) is 6.12. The standard InChI is InChI=1S/C20H20N6O2S2/c1-11-7-12(2)17(13(3)8-11)14-9-29-19(22-14)23-16(27)10-30-20-25-24-18(26(20)21)15-5-4-6-28-15/h4-9H,10,21H2,1-3H3,(H,22,23,27). The zero-order valence-electron chi connectivity index (χ0n) is 16.7. The second-order valence-electron chi connectivity index (χ2n) is 6.80. The summed E-state index contributed by atoms with van der Waals surface area (Å²) in [6.45, 7) is 6.22. The molecule has 0 spiro atoms. The van der Waals surface area contributed by atoms with Gasteiger partial charge >= 0.3 is 0 Å². The van der Waals surface area contributed by atoms with Gasteiger partial charge in [0.05, 0.1) is 17.7 Å². The Balaban J connectivity index is 1.40. The van der Waals surface area contributed by atoms with Crippen LogP contribution in [-0.4, -0.2) is 31.5 Å². The Hall–Kier alpha value is -3.11. The highest BCUT2D eigenvalue weighted by Crippen LogP contribution is 2.31. The van der Waals surface area contributed by atoms with Crippen LogP contribution in [0.3, 0.4) is 0 Å². The van der Waals surface area contributed by atoms with Crippen molar-refractivity contribution >= 4 is 34.1 Å². The molecular weight excluding hydrogens is 420 g/mol. The second-order valence-corrected chi connectivity index (χ2v) is 8.60. The van der Waals surface area contributed by atoms with E-state index in [1.54, 1.807) is 12.1 Å². The molecule has 1 amide bonds. The number of hydrogen-bond donors (Lipinski definition) is 2. The van der Waals surface area contributed by atoms with E-state index >= 15 is 0 Å². The van der Waals surface area contributed by atoms with Crippen LogP contribution in [0.1, 0.15) is 16.7 Å². The first-order valence-corrected chi connectivity index (χ1v) is 11.0. The van der Waals surface area contributed by atoms with Crippen LogP contribution in [0.4, 0.5) is 5.13 Å². The lowest BCUT2D eigenvalue weighted by atomic mass is 9.98. The molecule has 154 valence electrons. The van der Waals surface area contributed by atoms with Gasteiger partial charge in [0.2, 0.25) is 16.9 Å². The molecule has 4 aromatic rings. The fourth-order valence-corrected chi connectivity index (χ4v) is 4.64. The van der Waals surface area contributed by atoms with Gasteiger partial charge in [-0.1, -0.05) is 29.5 Å². The molecule has 0 unspecified atom stereocenters. The quantitative estimate of drug-likeness (QED) is 0.344. The average Bonchev–Trinajstić information content (AvgIpc) is 3.41. The molecule has 0 saturated heterocycles. The topological polar surface area (TPSA) is 112 Å². The van der Waals surface area contributed by atoms with Crippen molar-refractivity contribution in [1.29, 1.82) is 0 Å². The van der Waals surface area contributed by atoms with Crippen molar-refractivity contribution in [2.75, 3.05) is 16.9 Å². The molecule has 3 N–H and O–H groups in total. The molecule has 0 saturated carbocycles. The normalized spacial score (nSPS) is 11.0. The van der Waals surface area contributed by atoms with Crippen molar-refractivity contribution in [2.24, 2.45) is 0 Å². The first-order chi connectivity index (χ1) is 14.4. The van der Waals surface area contributed by atoms with Crippen LogP contribution in [0.15, 0.2) is 45.5 Å². The maximum absolute atomic E-state index is 12.4. The molecular formula is C20H20N6O2S2. The van der Waals surface area contributed by atoms with E-state index in [9.17, 15) is 4.79 Å². The summed E-state index contributed by atoms with van der Waals surface area (Å²) in [6, 6.07) is 7.76. The van der Waals surface area contributed by atoms with E-state index in [4.69, 9.17) is 10.3 Å². The van der Waals surface area contributed by atoms with E-state index in [1.807, 2.05) is 5.38 Å². The summed E-state index contributed by atoms with van der Waals surface area (Å²) in [4.78, 5) is 17.0. The smallest absolute Gasteiger partial charge is 0.236 e. The molecule has 0 radical (unpaired) electrons. The van der Waals surface area contributed by atoms with Crippen LogP contribution in [0, 0.1) is 20.8 Å². The van der Waals surface area contributed by atoms with Gasteiger partial charge in [-0.15, -0.1) is 21.5 Å². The number of nitrogens with two attached hydrogens (primary N) is 1. The van der Waals surface area contributed by atoms with E-state index in [0.29, 0.717) is 21.9 Å². The number of rotatable bonds is 6. The molecule has 0 bridgehead atoms. The van der Waals surface area contributed by atoms with Crippen LogP contribution in [0.5, 0.6) is 0 Å². The van der Waals surface area contributed by atoms with Crippen LogP contribution in [-0.2, 0) is 4.79 Å². The number of thiazole rings is 1. The summed E-state index contributed by atoms with van der Waals surface area (Å²) in [7, 11) is 0. The van der Waals surface area contributed by atoms with Gasteiger partial charge < -0.3 is 15.6 Å². The summed E-state index contributed by atoms with van der Waals surface area (Å²) in [5.41, 5.74) is 5.52. The highest BCUT2D eigenvalue weighted by Gasteiger charge is 2.16. The Morgan fingerprint density at radius 3 is 2.73 bits per heavy atom. The molecule has 3 heterocycles. The van der Waals surface area contributed by atoms with Gasteiger partial charge in [0, 0.05) is 10.9 Å². The summed E-state index contributed by atoms with van der Waals surface area (Å²) in [5, 5.41) is 13.8. The van der Waals surface area contributed by atoms with Crippen molar-refractivity contribution in [2.45, 2.75) is 25.9 Å². The minimum atomic E-state index is -0.194. The zero-order chi connectivity index (χ0) is 21.3. The lowest BCUT2D eigenvalue weighted by Crippen LogP contribution is -2.16. The Morgan fingerprint density at radius 1 is 1.27 bits per heavy atom. The molecule has 0 aliphatic carbocycles. The van der Waals surface area contributed by atoms with Crippen molar-refractivity contribution in [3.63, 3.8) is 0 Å². The largest absolute Gasteiger partial charge is 0.461 e. The Labute approximate surface area is 181 Å². The number of aryl methyl sites for hydroxylation is 3. The van der Waals surface area contributed by atoms with Gasteiger partial charge in [0.1, 0.15) is 0 Å². The lowest BCUT2D eigenvalue weighted by Gasteiger charge is -2.08. The van der Waals surface area contributed by atoms with Gasteiger partial charge in [-0.25, -0.2) is 9.66 Å². The lowest BCUT2D eigenvalue weighted by molar-refractivity contribution is -0.113. The zero-order valence-corrected chi connectivity index (χ0v) is 18.3. The number of anilines is 1. The summed E-state index contributed by atoms with van der Waals surface area (Å²) in [6.07, 6.45) is 1.53. The van der Waals surface area contributed by atoms with Crippen LogP contribution >= 0.6 is 23.1 Å². The van der Waals surface area contributed by atoms with Gasteiger partial charge in [-0.3, -0.25) is 4.79 Å². The third-order valence-electron chi connectivity index (χ3n) is 4.42. The van der Waals surface area contributed by atoms with E-state index < -0.39 is 0 Å². The fraction of sp³-hybridized carbons (Fsp3) is 0.200. The van der Waals surface area contributed by atoms with Crippen molar-refractivity contribution in [3.8, 4) is 22.8 Å².